The van der Waals surface area contributed by atoms with E-state index in [2.05, 4.69) is 20.9 Å². The lowest BCUT2D eigenvalue weighted by Crippen LogP contribution is -2.14. The van der Waals surface area contributed by atoms with E-state index < -0.39 is 0 Å². The van der Waals surface area contributed by atoms with Crippen molar-refractivity contribution in [2.45, 2.75) is 13.8 Å². The molecule has 0 N–H and O–H groups in total. The number of nitrogens with zero attached hydrogens (tertiary/aromatic N) is 2. The van der Waals surface area contributed by atoms with E-state index in [0.717, 1.165) is 12.1 Å². The molecule has 0 unspecified atom stereocenters. The van der Waals surface area contributed by atoms with Gasteiger partial charge < -0.3 is 14.4 Å². The van der Waals surface area contributed by atoms with Gasteiger partial charge in [0.05, 0.1) is 28.6 Å². The lowest BCUT2D eigenvalue weighted by atomic mass is 10.0. The smallest absolute Gasteiger partial charge is 0.200 e. The molecule has 0 heterocycles. The van der Waals surface area contributed by atoms with Crippen LogP contribution in [0, 0.1) is 6.92 Å². The van der Waals surface area contributed by atoms with Crippen molar-refractivity contribution in [1.82, 2.24) is 4.90 Å². The molecular formula is C20H22BrClN2O3. The summed E-state index contributed by atoms with van der Waals surface area (Å²) in [7, 11) is 3.52. The monoisotopic (exact) mass is 452 g/mol. The number of halogens is 2. The van der Waals surface area contributed by atoms with Crippen LogP contribution in [0.2, 0.25) is 5.02 Å². The molecule has 144 valence electrons. The normalized spacial score (nSPS) is 10.9. The van der Waals surface area contributed by atoms with Crippen LogP contribution in [-0.4, -0.2) is 44.3 Å². The average Bonchev–Trinajstić information content (AvgIpc) is 2.66. The van der Waals surface area contributed by atoms with Crippen molar-refractivity contribution in [2.75, 3.05) is 27.3 Å². The van der Waals surface area contributed by atoms with Crippen LogP contribution < -0.4 is 9.47 Å². The highest BCUT2D eigenvalue weighted by Gasteiger charge is 2.14. The number of benzene rings is 2. The van der Waals surface area contributed by atoms with Crippen LogP contribution in [0.3, 0.4) is 0 Å². The van der Waals surface area contributed by atoms with E-state index in [1.54, 1.807) is 43.8 Å². The summed E-state index contributed by atoms with van der Waals surface area (Å²) in [5.41, 5.74) is 1.95. The molecule has 0 spiro atoms. The predicted molar refractivity (Wildman–Crippen MR) is 113 cm³/mol. The summed E-state index contributed by atoms with van der Waals surface area (Å²) in [6.45, 7) is 4.63. The standard InChI is InChI=1S/C20H22BrClN2O3/c1-5-24(3)12-23-18-8-13(2)15(10-17(18)22)19(25)11-27-20-7-6-14(26-4)9-16(20)21/h6-10,12H,5,11H2,1-4H3/b23-12-. The molecule has 0 fully saturated rings. The van der Waals surface area contributed by atoms with Gasteiger partial charge in [0, 0.05) is 19.2 Å². The van der Waals surface area contributed by atoms with E-state index in [1.165, 1.54) is 0 Å². The predicted octanol–water partition coefficient (Wildman–Crippen LogP) is 5.29. The molecule has 2 rings (SSSR count). The Kier molecular flexibility index (Phi) is 7.68. The maximum absolute atomic E-state index is 12.6. The maximum Gasteiger partial charge on any atom is 0.200 e. The van der Waals surface area contributed by atoms with Gasteiger partial charge in [-0.2, -0.15) is 0 Å². The van der Waals surface area contributed by atoms with Gasteiger partial charge in [-0.3, -0.25) is 4.79 Å². The fourth-order valence-electron chi connectivity index (χ4n) is 2.25. The fourth-order valence-corrected chi connectivity index (χ4v) is 2.94. The third-order valence-electron chi connectivity index (χ3n) is 3.98. The van der Waals surface area contributed by atoms with Gasteiger partial charge in [0.1, 0.15) is 11.5 Å². The molecule has 0 saturated heterocycles. The summed E-state index contributed by atoms with van der Waals surface area (Å²) in [5.74, 6) is 1.11. The Hall–Kier alpha value is -2.05. The Balaban J connectivity index is 2.12. The molecule has 0 aromatic heterocycles. The molecule has 5 nitrogen and oxygen atoms in total. The number of hydrogen-bond donors (Lipinski definition) is 0. The van der Waals surface area contributed by atoms with Crippen molar-refractivity contribution in [2.24, 2.45) is 4.99 Å². The number of aryl methyl sites for hydroxylation is 1. The second-order valence-electron chi connectivity index (χ2n) is 5.94. The lowest BCUT2D eigenvalue weighted by Gasteiger charge is -2.12. The van der Waals surface area contributed by atoms with Gasteiger partial charge in [-0.05, 0) is 65.7 Å². The van der Waals surface area contributed by atoms with Gasteiger partial charge in [-0.1, -0.05) is 11.6 Å². The van der Waals surface area contributed by atoms with E-state index in [-0.39, 0.29) is 12.4 Å². The quantitative estimate of drug-likeness (QED) is 0.309. The molecule has 0 saturated carbocycles. The summed E-state index contributed by atoms with van der Waals surface area (Å²) < 4.78 is 11.5. The number of carbonyl (C=O) groups excluding carboxylic acids is 1. The molecule has 0 aliphatic heterocycles. The lowest BCUT2D eigenvalue weighted by molar-refractivity contribution is 0.0920. The molecular weight excluding hydrogens is 432 g/mol. The van der Waals surface area contributed by atoms with Crippen LogP contribution in [0.1, 0.15) is 22.8 Å². The zero-order valence-electron chi connectivity index (χ0n) is 15.8. The summed E-state index contributed by atoms with van der Waals surface area (Å²) in [4.78, 5) is 18.9. The van der Waals surface area contributed by atoms with Crippen molar-refractivity contribution in [1.29, 1.82) is 0 Å². The Morgan fingerprint density at radius 2 is 2.07 bits per heavy atom. The Morgan fingerprint density at radius 1 is 1.33 bits per heavy atom. The van der Waals surface area contributed by atoms with E-state index in [9.17, 15) is 4.79 Å². The highest BCUT2D eigenvalue weighted by atomic mass is 79.9. The van der Waals surface area contributed by atoms with Gasteiger partial charge in [0.15, 0.2) is 6.61 Å². The molecule has 0 atom stereocenters. The number of Topliss-reactive ketones (excluding diaryl/α,β-unsaturated/α-hetero) is 1. The molecule has 0 aliphatic rings. The summed E-state index contributed by atoms with van der Waals surface area (Å²) >= 11 is 9.71. The van der Waals surface area contributed by atoms with Gasteiger partial charge in [0.25, 0.3) is 0 Å². The van der Waals surface area contributed by atoms with Crippen LogP contribution >= 0.6 is 27.5 Å². The largest absolute Gasteiger partial charge is 0.497 e. The van der Waals surface area contributed by atoms with Gasteiger partial charge >= 0.3 is 0 Å². The second-order valence-corrected chi connectivity index (χ2v) is 7.21. The van der Waals surface area contributed by atoms with Crippen molar-refractivity contribution >= 4 is 45.3 Å². The number of hydrogen-bond acceptors (Lipinski definition) is 4. The van der Waals surface area contributed by atoms with E-state index in [0.29, 0.717) is 32.2 Å². The third-order valence-corrected chi connectivity index (χ3v) is 4.91. The number of ketones is 1. The minimum Gasteiger partial charge on any atom is -0.497 e. The van der Waals surface area contributed by atoms with Crippen molar-refractivity contribution < 1.29 is 14.3 Å². The van der Waals surface area contributed by atoms with Crippen molar-refractivity contribution in [3.05, 3.63) is 51.0 Å². The summed E-state index contributed by atoms with van der Waals surface area (Å²) in [6, 6.07) is 8.75. The van der Waals surface area contributed by atoms with E-state index in [4.69, 9.17) is 21.1 Å². The number of carbonyl (C=O) groups is 1. The van der Waals surface area contributed by atoms with Crippen LogP contribution in [-0.2, 0) is 0 Å². The minimum absolute atomic E-state index is 0.0940. The zero-order valence-corrected chi connectivity index (χ0v) is 18.1. The van der Waals surface area contributed by atoms with Crippen molar-refractivity contribution in [3.63, 3.8) is 0 Å². The Bertz CT molecular complexity index is 855. The first kappa shape index (κ1) is 21.3. The summed E-state index contributed by atoms with van der Waals surface area (Å²) in [6.07, 6.45) is 1.71. The fraction of sp³-hybridized carbons (Fsp3) is 0.300. The highest BCUT2D eigenvalue weighted by Crippen LogP contribution is 2.31. The average molecular weight is 454 g/mol. The molecule has 27 heavy (non-hydrogen) atoms. The molecule has 0 bridgehead atoms. The topological polar surface area (TPSA) is 51.1 Å². The Morgan fingerprint density at radius 3 is 2.70 bits per heavy atom. The molecule has 2 aromatic carbocycles. The minimum atomic E-state index is -0.154. The summed E-state index contributed by atoms with van der Waals surface area (Å²) in [5, 5.41) is 0.426. The first-order valence-corrected chi connectivity index (χ1v) is 9.57. The van der Waals surface area contributed by atoms with E-state index >= 15 is 0 Å². The maximum atomic E-state index is 12.6. The molecule has 2 aromatic rings. The highest BCUT2D eigenvalue weighted by molar-refractivity contribution is 9.10. The van der Waals surface area contributed by atoms with Crippen LogP contribution in [0.4, 0.5) is 5.69 Å². The number of rotatable bonds is 8. The van der Waals surface area contributed by atoms with Gasteiger partial charge in [-0.15, -0.1) is 0 Å². The molecule has 0 aliphatic carbocycles. The first-order valence-electron chi connectivity index (χ1n) is 8.39. The number of ether oxygens (including phenoxy) is 2. The molecule has 0 radical (unpaired) electrons. The zero-order chi connectivity index (χ0) is 20.0. The number of aliphatic imine (C=N–C) groups is 1. The van der Waals surface area contributed by atoms with Crippen molar-refractivity contribution in [3.8, 4) is 11.5 Å². The molecule has 0 amide bonds. The Labute approximate surface area is 173 Å². The third kappa shape index (κ3) is 5.71. The van der Waals surface area contributed by atoms with E-state index in [1.807, 2.05) is 25.8 Å². The van der Waals surface area contributed by atoms with Crippen LogP contribution in [0.25, 0.3) is 0 Å². The molecule has 7 heteroatoms. The van der Waals surface area contributed by atoms with Crippen LogP contribution in [0.15, 0.2) is 39.8 Å². The number of methoxy groups -OCH3 is 1. The SMILES string of the molecule is CCN(C)/C=N\c1cc(C)c(C(=O)COc2ccc(OC)cc2Br)cc1Cl. The van der Waals surface area contributed by atoms with Gasteiger partial charge in [0.2, 0.25) is 5.78 Å². The second kappa shape index (κ2) is 9.76. The first-order chi connectivity index (χ1) is 12.8. The van der Waals surface area contributed by atoms with Crippen LogP contribution in [0.5, 0.6) is 11.5 Å². The van der Waals surface area contributed by atoms with Gasteiger partial charge in [-0.25, -0.2) is 4.99 Å².